The molecule has 0 saturated carbocycles. The maximum atomic E-state index is 12.5. The molecule has 0 aliphatic rings. The fourth-order valence-corrected chi connectivity index (χ4v) is 4.36. The molecular formula is C15H12ClF3N4O7S2. The van der Waals surface area contributed by atoms with Crippen LogP contribution in [0.5, 0.6) is 0 Å². The second kappa shape index (κ2) is 9.58. The molecule has 0 unspecified atom stereocenters. The summed E-state index contributed by atoms with van der Waals surface area (Å²) in [6, 6.07) is 2.81. The summed E-state index contributed by atoms with van der Waals surface area (Å²) in [7, 11) is -4.10. The number of aryl methyl sites for hydroxylation is 2. The Hall–Kier alpha value is -3.11. The number of nitrogens with one attached hydrogen (secondary N) is 2. The largest absolute Gasteiger partial charge is 0.490 e. The molecule has 174 valence electrons. The molecule has 3 rings (SSSR count). The molecule has 32 heavy (non-hydrogen) atoms. The maximum Gasteiger partial charge on any atom is 0.490 e. The van der Waals surface area contributed by atoms with E-state index in [1.807, 2.05) is 0 Å². The topological polar surface area (TPSA) is 165 Å². The lowest BCUT2D eigenvalue weighted by molar-refractivity contribution is -0.192. The first kappa shape index (κ1) is 25.2. The average Bonchev–Trinajstić information content (AvgIpc) is 3.39. The molecule has 3 aromatic rings. The van der Waals surface area contributed by atoms with E-state index in [2.05, 4.69) is 20.4 Å². The van der Waals surface area contributed by atoms with E-state index in [4.69, 9.17) is 30.5 Å². The van der Waals surface area contributed by atoms with Crippen LogP contribution in [0.15, 0.2) is 31.5 Å². The van der Waals surface area contributed by atoms with Crippen molar-refractivity contribution < 1.29 is 45.3 Å². The molecule has 0 spiro atoms. The van der Waals surface area contributed by atoms with Crippen LogP contribution in [-0.4, -0.2) is 41.9 Å². The van der Waals surface area contributed by atoms with Gasteiger partial charge >= 0.3 is 12.1 Å². The number of aromatic nitrogens is 2. The van der Waals surface area contributed by atoms with Crippen molar-refractivity contribution in [3.8, 4) is 0 Å². The van der Waals surface area contributed by atoms with Crippen LogP contribution in [0.4, 0.5) is 24.9 Å². The van der Waals surface area contributed by atoms with Gasteiger partial charge in [0.15, 0.2) is 5.82 Å². The van der Waals surface area contributed by atoms with Crippen LogP contribution < -0.4 is 10.0 Å². The minimum absolute atomic E-state index is 0.0273. The molecule has 17 heteroatoms. The van der Waals surface area contributed by atoms with Crippen LogP contribution in [0.3, 0.4) is 0 Å². The normalized spacial score (nSPS) is 11.4. The zero-order valence-electron chi connectivity index (χ0n) is 15.9. The summed E-state index contributed by atoms with van der Waals surface area (Å²) in [4.78, 5) is 21.0. The summed E-state index contributed by atoms with van der Waals surface area (Å²) in [5.41, 5.74) is 0.337. The van der Waals surface area contributed by atoms with Crippen molar-refractivity contribution in [2.24, 2.45) is 0 Å². The Kier molecular flexibility index (Phi) is 7.53. The third-order valence-electron chi connectivity index (χ3n) is 3.25. The van der Waals surface area contributed by atoms with Crippen LogP contribution in [0, 0.1) is 13.8 Å². The number of thiophene rings is 1. The van der Waals surface area contributed by atoms with Gasteiger partial charge in [0.05, 0.1) is 0 Å². The van der Waals surface area contributed by atoms with E-state index >= 15 is 0 Å². The molecule has 0 aromatic carbocycles. The number of aliphatic carboxylic acids is 1. The van der Waals surface area contributed by atoms with Gasteiger partial charge in [0.25, 0.3) is 21.8 Å². The second-order valence-electron chi connectivity index (χ2n) is 5.71. The molecule has 11 nitrogen and oxygen atoms in total. The van der Waals surface area contributed by atoms with Crippen LogP contribution in [-0.2, 0) is 14.8 Å². The molecule has 3 aromatic heterocycles. The van der Waals surface area contributed by atoms with Gasteiger partial charge in [-0.2, -0.15) is 13.2 Å². The average molecular weight is 517 g/mol. The molecule has 1 amide bonds. The zero-order valence-corrected chi connectivity index (χ0v) is 18.2. The van der Waals surface area contributed by atoms with Gasteiger partial charge in [-0.15, -0.1) is 11.3 Å². The Labute approximate surface area is 186 Å². The number of nitrogens with zero attached hydrogens (tertiary/aromatic N) is 2. The molecule has 3 N–H and O–H groups in total. The summed E-state index contributed by atoms with van der Waals surface area (Å²) in [6.07, 6.45) is -5.08. The summed E-state index contributed by atoms with van der Waals surface area (Å²) >= 11 is 6.87. The lowest BCUT2D eigenvalue weighted by Gasteiger charge is -2.06. The zero-order chi connectivity index (χ0) is 24.3. The van der Waals surface area contributed by atoms with Gasteiger partial charge in [0.1, 0.15) is 26.2 Å². The fraction of sp³-hybridized carbons (Fsp3) is 0.200. The fourth-order valence-electron chi connectivity index (χ4n) is 1.87. The van der Waals surface area contributed by atoms with Crippen LogP contribution in [0.2, 0.25) is 5.02 Å². The molecule has 0 atom stereocenters. The molecule has 0 aliphatic heterocycles. The number of carbonyl (C=O) groups is 2. The SMILES string of the molecule is Cc1cc(NC(=O)c2sccc2S(=O)(=O)Nc2onc(C)c2Cl)no1.O=C(O)C(F)(F)F. The lowest BCUT2D eigenvalue weighted by atomic mass is 10.4. The third-order valence-corrected chi connectivity index (χ3v) is 6.12. The smallest absolute Gasteiger partial charge is 0.475 e. The Morgan fingerprint density at radius 2 is 1.84 bits per heavy atom. The monoisotopic (exact) mass is 516 g/mol. The highest BCUT2D eigenvalue weighted by Crippen LogP contribution is 2.30. The van der Waals surface area contributed by atoms with Gasteiger partial charge in [-0.25, -0.2) is 17.9 Å². The maximum absolute atomic E-state index is 12.5. The van der Waals surface area contributed by atoms with E-state index in [0.717, 1.165) is 11.3 Å². The first-order chi connectivity index (χ1) is 14.7. The number of sulfonamides is 1. The molecular weight excluding hydrogens is 505 g/mol. The standard InChI is InChI=1S/C13H11ClN4O5S2.C2HF3O2/c1-6-5-9(17-22-6)15-12(19)11-8(3-4-24-11)25(20,21)18-13-10(14)7(2)16-23-13;3-2(4,5)1(6)7/h3-5,18H,1-2H3,(H,15,17,19);(H,6,7). The van der Waals surface area contributed by atoms with E-state index in [0.29, 0.717) is 11.5 Å². The van der Waals surface area contributed by atoms with Gasteiger partial charge in [0, 0.05) is 6.07 Å². The predicted molar refractivity (Wildman–Crippen MR) is 104 cm³/mol. The molecule has 0 bridgehead atoms. The molecule has 0 fully saturated rings. The second-order valence-corrected chi connectivity index (χ2v) is 8.66. The van der Waals surface area contributed by atoms with Crippen molar-refractivity contribution in [1.29, 1.82) is 0 Å². The summed E-state index contributed by atoms with van der Waals surface area (Å²) in [5.74, 6) is -2.92. The highest BCUT2D eigenvalue weighted by molar-refractivity contribution is 7.93. The van der Waals surface area contributed by atoms with Gasteiger partial charge in [-0.05, 0) is 25.3 Å². The molecule has 0 saturated heterocycles. The van der Waals surface area contributed by atoms with Gasteiger partial charge in [-0.3, -0.25) is 4.79 Å². The van der Waals surface area contributed by atoms with E-state index in [-0.39, 0.29) is 26.5 Å². The number of carbonyl (C=O) groups excluding carboxylic acids is 1. The van der Waals surface area contributed by atoms with Crippen LogP contribution in [0.25, 0.3) is 0 Å². The van der Waals surface area contributed by atoms with Crippen molar-refractivity contribution in [2.75, 3.05) is 10.0 Å². The van der Waals surface area contributed by atoms with E-state index < -0.39 is 28.1 Å². The molecule has 0 radical (unpaired) electrons. The Morgan fingerprint density at radius 1 is 1.22 bits per heavy atom. The van der Waals surface area contributed by atoms with Crippen molar-refractivity contribution in [3.05, 3.63) is 38.9 Å². The van der Waals surface area contributed by atoms with E-state index in [1.54, 1.807) is 13.8 Å². The lowest BCUT2D eigenvalue weighted by Crippen LogP contribution is -2.21. The summed E-state index contributed by atoms with van der Waals surface area (Å²) in [5, 5.41) is 18.3. The van der Waals surface area contributed by atoms with Crippen molar-refractivity contribution in [1.82, 2.24) is 10.3 Å². The number of rotatable bonds is 5. The van der Waals surface area contributed by atoms with Gasteiger partial charge in [-0.1, -0.05) is 21.9 Å². The number of carboxylic acid groups (broad SMARTS) is 1. The molecule has 3 heterocycles. The highest BCUT2D eigenvalue weighted by Gasteiger charge is 2.38. The van der Waals surface area contributed by atoms with Crippen LogP contribution in [0.1, 0.15) is 21.1 Å². The third kappa shape index (κ3) is 6.21. The van der Waals surface area contributed by atoms with E-state index in [1.165, 1.54) is 17.5 Å². The van der Waals surface area contributed by atoms with Crippen LogP contribution >= 0.6 is 22.9 Å². The van der Waals surface area contributed by atoms with Crippen molar-refractivity contribution in [3.63, 3.8) is 0 Å². The number of anilines is 2. The number of carboxylic acids is 1. The minimum Gasteiger partial charge on any atom is -0.475 e. The number of amides is 1. The Morgan fingerprint density at radius 3 is 2.31 bits per heavy atom. The number of alkyl halides is 3. The van der Waals surface area contributed by atoms with E-state index in [9.17, 15) is 26.4 Å². The first-order valence-electron chi connectivity index (χ1n) is 7.99. The van der Waals surface area contributed by atoms with Gasteiger partial charge in [0.2, 0.25) is 0 Å². The minimum atomic E-state index is -5.08. The van der Waals surface area contributed by atoms with Crippen molar-refractivity contribution in [2.45, 2.75) is 24.9 Å². The summed E-state index contributed by atoms with van der Waals surface area (Å²) < 4.78 is 68.7. The molecule has 0 aliphatic carbocycles. The van der Waals surface area contributed by atoms with Gasteiger partial charge < -0.3 is 19.5 Å². The number of hydrogen-bond donors (Lipinski definition) is 3. The Bertz CT molecular complexity index is 1230. The first-order valence-corrected chi connectivity index (χ1v) is 10.7. The quantitative estimate of drug-likeness (QED) is 0.458. The predicted octanol–water partition coefficient (Wildman–Crippen LogP) is 3.68. The van der Waals surface area contributed by atoms with Crippen molar-refractivity contribution >= 4 is 56.5 Å². The number of hydrogen-bond acceptors (Lipinski definition) is 9. The number of halogens is 4. The summed E-state index contributed by atoms with van der Waals surface area (Å²) in [6.45, 7) is 3.23. The highest BCUT2D eigenvalue weighted by atomic mass is 35.5. The Balaban J connectivity index is 0.000000451.